The van der Waals surface area contributed by atoms with E-state index in [1.54, 1.807) is 7.05 Å². The van der Waals surface area contributed by atoms with Crippen LogP contribution in [0.4, 0.5) is 11.6 Å². The van der Waals surface area contributed by atoms with E-state index in [1.807, 2.05) is 31.2 Å². The average molecular weight is 290 g/mol. The maximum atomic E-state index is 11.0. The molecule has 2 rings (SSSR count). The maximum Gasteiger partial charge on any atom is 0.319 e. The molecule has 0 bridgehead atoms. The monoisotopic (exact) mass is 290 g/mol. The number of hydrogen-bond donors (Lipinski definition) is 1. The van der Waals surface area contributed by atoms with Crippen molar-refractivity contribution in [2.75, 3.05) is 12.4 Å². The van der Waals surface area contributed by atoms with E-state index in [0.717, 1.165) is 11.1 Å². The van der Waals surface area contributed by atoms with Gasteiger partial charge in [-0.1, -0.05) is 36.0 Å². The molecule has 20 heavy (non-hydrogen) atoms. The molecule has 1 aromatic heterocycles. The van der Waals surface area contributed by atoms with Crippen molar-refractivity contribution in [3.05, 3.63) is 51.7 Å². The molecule has 0 aliphatic carbocycles. The van der Waals surface area contributed by atoms with E-state index >= 15 is 0 Å². The zero-order valence-electron chi connectivity index (χ0n) is 11.2. The van der Waals surface area contributed by atoms with Crippen molar-refractivity contribution in [1.29, 1.82) is 0 Å². The molecule has 0 aliphatic heterocycles. The lowest BCUT2D eigenvalue weighted by molar-refractivity contribution is -0.388. The molecule has 6 nitrogen and oxygen atoms in total. The van der Waals surface area contributed by atoms with E-state index in [1.165, 1.54) is 18.0 Å². The van der Waals surface area contributed by atoms with E-state index in [-0.39, 0.29) is 5.69 Å². The number of nitrogens with one attached hydrogen (secondary N) is 1. The van der Waals surface area contributed by atoms with Gasteiger partial charge >= 0.3 is 5.69 Å². The van der Waals surface area contributed by atoms with Gasteiger partial charge in [0.05, 0.1) is 4.92 Å². The molecule has 0 spiro atoms. The summed E-state index contributed by atoms with van der Waals surface area (Å²) in [6.07, 6.45) is 1.24. The van der Waals surface area contributed by atoms with E-state index in [0.29, 0.717) is 16.7 Å². The van der Waals surface area contributed by atoms with Crippen molar-refractivity contribution in [2.24, 2.45) is 0 Å². The number of thioether (sulfide) groups is 1. The Morgan fingerprint density at radius 3 is 2.80 bits per heavy atom. The summed E-state index contributed by atoms with van der Waals surface area (Å²) in [7, 11) is 1.68. The second kappa shape index (κ2) is 6.33. The number of nitrogens with zero attached hydrogens (tertiary/aromatic N) is 3. The number of hydrogen-bond acceptors (Lipinski definition) is 6. The largest absolute Gasteiger partial charge is 0.357 e. The van der Waals surface area contributed by atoms with Crippen LogP contribution in [0.25, 0.3) is 0 Å². The molecule has 0 unspecified atom stereocenters. The fraction of sp³-hybridized carbons (Fsp3) is 0.231. The Hall–Kier alpha value is -2.15. The number of nitro groups is 1. The second-order valence-electron chi connectivity index (χ2n) is 4.11. The smallest absolute Gasteiger partial charge is 0.319 e. The summed E-state index contributed by atoms with van der Waals surface area (Å²) >= 11 is 1.34. The van der Waals surface area contributed by atoms with Crippen molar-refractivity contribution < 1.29 is 4.92 Å². The van der Waals surface area contributed by atoms with Crippen molar-refractivity contribution in [1.82, 2.24) is 9.97 Å². The van der Waals surface area contributed by atoms with Gasteiger partial charge in [-0.3, -0.25) is 10.1 Å². The first-order valence-corrected chi connectivity index (χ1v) is 6.97. The van der Waals surface area contributed by atoms with Crippen molar-refractivity contribution in [3.8, 4) is 0 Å². The third kappa shape index (κ3) is 3.24. The van der Waals surface area contributed by atoms with Gasteiger partial charge in [-0.2, -0.15) is 4.98 Å². The molecule has 1 heterocycles. The number of benzene rings is 1. The topological polar surface area (TPSA) is 81.0 Å². The maximum absolute atomic E-state index is 11.0. The first-order valence-electron chi connectivity index (χ1n) is 5.98. The molecular weight excluding hydrogens is 276 g/mol. The lowest BCUT2D eigenvalue weighted by Gasteiger charge is -2.06. The minimum atomic E-state index is -0.459. The summed E-state index contributed by atoms with van der Waals surface area (Å²) in [5, 5.41) is 14.1. The lowest BCUT2D eigenvalue weighted by atomic mass is 10.1. The molecule has 2 aromatic rings. The van der Waals surface area contributed by atoms with Crippen LogP contribution in [0, 0.1) is 17.0 Å². The van der Waals surface area contributed by atoms with Crippen LogP contribution in [-0.2, 0) is 5.75 Å². The highest BCUT2D eigenvalue weighted by atomic mass is 32.2. The molecule has 0 fully saturated rings. The first-order chi connectivity index (χ1) is 9.61. The highest BCUT2D eigenvalue weighted by Crippen LogP contribution is 2.30. The number of rotatable bonds is 5. The van der Waals surface area contributed by atoms with Gasteiger partial charge in [0.1, 0.15) is 6.20 Å². The standard InChI is InChI=1S/C13H14N4O2S/c1-9-5-3-4-6-10(9)8-20-12-11(17(18)19)7-15-13(14-2)16-12/h3-7H,8H2,1-2H3,(H,14,15,16). The Balaban J connectivity index is 2.24. The van der Waals surface area contributed by atoms with Gasteiger partial charge in [0, 0.05) is 12.8 Å². The summed E-state index contributed by atoms with van der Waals surface area (Å²) in [4.78, 5) is 18.6. The zero-order chi connectivity index (χ0) is 14.5. The SMILES string of the molecule is CNc1ncc([N+](=O)[O-])c(SCc2ccccc2C)n1. The normalized spacial score (nSPS) is 10.3. The van der Waals surface area contributed by atoms with E-state index in [4.69, 9.17) is 0 Å². The summed E-state index contributed by atoms with van der Waals surface area (Å²) < 4.78 is 0. The molecule has 0 saturated heterocycles. The fourth-order valence-corrected chi connectivity index (χ4v) is 2.67. The Morgan fingerprint density at radius 2 is 2.15 bits per heavy atom. The van der Waals surface area contributed by atoms with Crippen LogP contribution < -0.4 is 5.32 Å². The average Bonchev–Trinajstić information content (AvgIpc) is 2.46. The lowest BCUT2D eigenvalue weighted by Crippen LogP contribution is -2.01. The molecule has 0 atom stereocenters. The molecular formula is C13H14N4O2S. The molecule has 1 N–H and O–H groups in total. The minimum absolute atomic E-state index is 0.0671. The van der Waals surface area contributed by atoms with Gasteiger partial charge in [-0.15, -0.1) is 0 Å². The van der Waals surface area contributed by atoms with Crippen LogP contribution in [0.3, 0.4) is 0 Å². The number of anilines is 1. The Morgan fingerprint density at radius 1 is 1.40 bits per heavy atom. The van der Waals surface area contributed by atoms with E-state index in [2.05, 4.69) is 15.3 Å². The Labute approximate surface area is 120 Å². The fourth-order valence-electron chi connectivity index (χ4n) is 1.63. The van der Waals surface area contributed by atoms with Crippen LogP contribution in [-0.4, -0.2) is 21.9 Å². The van der Waals surface area contributed by atoms with Crippen LogP contribution in [0.5, 0.6) is 0 Å². The Bertz CT molecular complexity index is 634. The predicted octanol–water partition coefficient (Wildman–Crippen LogP) is 3.03. The summed E-state index contributed by atoms with van der Waals surface area (Å²) in [5.41, 5.74) is 2.23. The summed E-state index contributed by atoms with van der Waals surface area (Å²) in [6.45, 7) is 2.02. The van der Waals surface area contributed by atoms with Crippen LogP contribution in [0.2, 0.25) is 0 Å². The summed E-state index contributed by atoms with van der Waals surface area (Å²) in [6, 6.07) is 7.95. The highest BCUT2D eigenvalue weighted by molar-refractivity contribution is 7.98. The van der Waals surface area contributed by atoms with Crippen molar-refractivity contribution in [3.63, 3.8) is 0 Å². The number of aryl methyl sites for hydroxylation is 1. The predicted molar refractivity (Wildman–Crippen MR) is 79.0 cm³/mol. The quantitative estimate of drug-likeness (QED) is 0.394. The number of aromatic nitrogens is 2. The highest BCUT2D eigenvalue weighted by Gasteiger charge is 2.17. The van der Waals surface area contributed by atoms with Gasteiger partial charge < -0.3 is 5.32 Å². The molecule has 1 aromatic carbocycles. The minimum Gasteiger partial charge on any atom is -0.357 e. The molecule has 0 amide bonds. The first kappa shape index (κ1) is 14.3. The van der Waals surface area contributed by atoms with Crippen LogP contribution >= 0.6 is 11.8 Å². The molecule has 104 valence electrons. The van der Waals surface area contributed by atoms with Crippen molar-refractivity contribution >= 4 is 23.4 Å². The van der Waals surface area contributed by atoms with Gasteiger partial charge in [0.2, 0.25) is 5.95 Å². The van der Waals surface area contributed by atoms with Crippen LogP contribution in [0.1, 0.15) is 11.1 Å². The van der Waals surface area contributed by atoms with Gasteiger partial charge in [0.15, 0.2) is 5.03 Å². The molecule has 0 saturated carbocycles. The molecule has 0 aliphatic rings. The molecule has 7 heteroatoms. The van der Waals surface area contributed by atoms with E-state index < -0.39 is 4.92 Å². The third-order valence-electron chi connectivity index (χ3n) is 2.78. The Kier molecular flexibility index (Phi) is 4.52. The van der Waals surface area contributed by atoms with Gasteiger partial charge in [-0.05, 0) is 18.1 Å². The van der Waals surface area contributed by atoms with E-state index in [9.17, 15) is 10.1 Å². The second-order valence-corrected chi connectivity index (χ2v) is 5.07. The third-order valence-corrected chi connectivity index (χ3v) is 3.81. The summed E-state index contributed by atoms with van der Waals surface area (Å²) in [5.74, 6) is 1.01. The van der Waals surface area contributed by atoms with Crippen LogP contribution in [0.15, 0.2) is 35.5 Å². The van der Waals surface area contributed by atoms with Crippen molar-refractivity contribution in [2.45, 2.75) is 17.7 Å². The van der Waals surface area contributed by atoms with Gasteiger partial charge in [0.25, 0.3) is 0 Å². The molecule has 0 radical (unpaired) electrons. The van der Waals surface area contributed by atoms with Gasteiger partial charge in [-0.25, -0.2) is 4.98 Å². The zero-order valence-corrected chi connectivity index (χ0v) is 12.0.